The maximum Gasteiger partial charge on any atom is 0.132 e. The van der Waals surface area contributed by atoms with Crippen LogP contribution in [0.5, 0.6) is 23.0 Å². The third-order valence-electron chi connectivity index (χ3n) is 6.87. The van der Waals surface area contributed by atoms with Gasteiger partial charge in [0.05, 0.1) is 45.4 Å². The van der Waals surface area contributed by atoms with Gasteiger partial charge in [-0.3, -0.25) is 0 Å². The average Bonchev–Trinajstić information content (AvgIpc) is 3.40. The number of rotatable bonds is 7. The van der Waals surface area contributed by atoms with E-state index in [1.54, 1.807) is 28.4 Å². The summed E-state index contributed by atoms with van der Waals surface area (Å²) in [6.45, 7) is 4.28. The van der Waals surface area contributed by atoms with E-state index in [4.69, 9.17) is 18.9 Å². The second-order valence-electron chi connectivity index (χ2n) is 8.68. The summed E-state index contributed by atoms with van der Waals surface area (Å²) in [5, 5.41) is 2.11. The molecule has 35 heavy (non-hydrogen) atoms. The van der Waals surface area contributed by atoms with Gasteiger partial charge in [0.2, 0.25) is 0 Å². The third-order valence-corrected chi connectivity index (χ3v) is 6.87. The van der Waals surface area contributed by atoms with Crippen molar-refractivity contribution in [2.45, 2.75) is 19.8 Å². The Morgan fingerprint density at radius 1 is 0.600 bits per heavy atom. The highest BCUT2D eigenvalue weighted by Crippen LogP contribution is 2.44. The summed E-state index contributed by atoms with van der Waals surface area (Å²) in [6, 6.07) is 18.4. The molecule has 0 amide bonds. The van der Waals surface area contributed by atoms with Crippen molar-refractivity contribution in [1.29, 1.82) is 0 Å². The molecule has 0 spiro atoms. The van der Waals surface area contributed by atoms with Gasteiger partial charge in [0.1, 0.15) is 23.0 Å². The van der Waals surface area contributed by atoms with Crippen molar-refractivity contribution < 1.29 is 18.9 Å². The fourth-order valence-electron chi connectivity index (χ4n) is 5.16. The predicted molar refractivity (Wildman–Crippen MR) is 140 cm³/mol. The molecule has 0 aliphatic carbocycles. The van der Waals surface area contributed by atoms with E-state index in [1.165, 1.54) is 5.56 Å². The van der Waals surface area contributed by atoms with Gasteiger partial charge in [-0.2, -0.15) is 0 Å². The van der Waals surface area contributed by atoms with Gasteiger partial charge in [0.25, 0.3) is 0 Å². The van der Waals surface area contributed by atoms with Crippen molar-refractivity contribution in [3.63, 3.8) is 0 Å². The monoisotopic (exact) mass is 470 g/mol. The molecule has 5 aromatic rings. The van der Waals surface area contributed by atoms with Crippen LogP contribution < -0.4 is 18.9 Å². The van der Waals surface area contributed by atoms with Crippen molar-refractivity contribution in [3.8, 4) is 23.0 Å². The van der Waals surface area contributed by atoms with Crippen LogP contribution in [0, 0.1) is 13.8 Å². The minimum Gasteiger partial charge on any atom is -0.497 e. The van der Waals surface area contributed by atoms with E-state index in [0.29, 0.717) is 0 Å². The van der Waals surface area contributed by atoms with Crippen LogP contribution in [0.4, 0.5) is 0 Å². The lowest BCUT2D eigenvalue weighted by molar-refractivity contribution is 0.397. The Hall–Kier alpha value is -4.06. The van der Waals surface area contributed by atoms with Crippen LogP contribution in [0.1, 0.15) is 34.0 Å². The Bertz CT molecular complexity index is 1420. The second-order valence-corrected chi connectivity index (χ2v) is 8.68. The molecule has 2 heterocycles. The number of ether oxygens (including phenoxy) is 4. The van der Waals surface area contributed by atoms with Crippen LogP contribution in [-0.2, 0) is 0 Å². The number of H-pyrrole nitrogens is 2. The van der Waals surface area contributed by atoms with E-state index in [9.17, 15) is 0 Å². The van der Waals surface area contributed by atoms with Crippen molar-refractivity contribution in [1.82, 2.24) is 9.97 Å². The summed E-state index contributed by atoms with van der Waals surface area (Å²) in [5.74, 6) is 2.99. The summed E-state index contributed by atoms with van der Waals surface area (Å²) < 4.78 is 22.5. The Labute approximate surface area is 204 Å². The second kappa shape index (κ2) is 8.95. The van der Waals surface area contributed by atoms with E-state index >= 15 is 0 Å². The molecule has 0 unspecified atom stereocenters. The topological polar surface area (TPSA) is 68.5 Å². The molecule has 6 heteroatoms. The van der Waals surface area contributed by atoms with Gasteiger partial charge in [-0.1, -0.05) is 30.3 Å². The first-order valence-corrected chi connectivity index (χ1v) is 11.5. The minimum absolute atomic E-state index is 0.0672. The van der Waals surface area contributed by atoms with E-state index in [2.05, 4.69) is 48.1 Å². The highest BCUT2D eigenvalue weighted by molar-refractivity contribution is 5.94. The molecule has 180 valence electrons. The molecule has 2 N–H and O–H groups in total. The van der Waals surface area contributed by atoms with Gasteiger partial charge in [0.15, 0.2) is 0 Å². The fraction of sp³-hybridized carbons (Fsp3) is 0.241. The van der Waals surface area contributed by atoms with E-state index in [0.717, 1.165) is 67.3 Å². The van der Waals surface area contributed by atoms with Crippen LogP contribution in [0.25, 0.3) is 21.8 Å². The van der Waals surface area contributed by atoms with Gasteiger partial charge in [-0.15, -0.1) is 0 Å². The number of aryl methyl sites for hydroxylation is 2. The van der Waals surface area contributed by atoms with Crippen LogP contribution >= 0.6 is 0 Å². The lowest BCUT2D eigenvalue weighted by Gasteiger charge is -2.18. The molecule has 0 radical (unpaired) electrons. The molecule has 0 saturated carbocycles. The molecule has 0 bridgehead atoms. The normalized spacial score (nSPS) is 11.4. The van der Waals surface area contributed by atoms with Gasteiger partial charge in [-0.05, 0) is 30.5 Å². The zero-order valence-corrected chi connectivity index (χ0v) is 20.9. The van der Waals surface area contributed by atoms with Crippen LogP contribution in [0.3, 0.4) is 0 Å². The van der Waals surface area contributed by atoms with Crippen molar-refractivity contribution in [3.05, 3.63) is 82.7 Å². The molecule has 0 aliphatic rings. The molecule has 3 aromatic carbocycles. The standard InChI is InChI=1S/C29H30N2O4/c1-16-25-21(12-19(32-3)14-23(25)34-5)30-28(16)27(18-10-8-7-9-11-18)29-17(2)26-22(31-29)13-20(33-4)15-24(26)35-6/h7-15,27,30-31H,1-6H3. The summed E-state index contributed by atoms with van der Waals surface area (Å²) in [6.07, 6.45) is 0. The molecule has 0 aliphatic heterocycles. The molecule has 6 nitrogen and oxygen atoms in total. The Morgan fingerprint density at radius 3 is 1.46 bits per heavy atom. The van der Waals surface area contributed by atoms with Gasteiger partial charge in [-0.25, -0.2) is 0 Å². The summed E-state index contributed by atoms with van der Waals surface area (Å²) in [5.41, 5.74) is 7.59. The van der Waals surface area contributed by atoms with Crippen molar-refractivity contribution in [2.75, 3.05) is 28.4 Å². The predicted octanol–water partition coefficient (Wildman–Crippen LogP) is 6.48. The molecule has 0 atom stereocenters. The van der Waals surface area contributed by atoms with Crippen LogP contribution in [0.2, 0.25) is 0 Å². The minimum atomic E-state index is -0.0672. The number of aromatic nitrogens is 2. The third kappa shape index (κ3) is 3.66. The molecule has 0 fully saturated rings. The van der Waals surface area contributed by atoms with E-state index in [-0.39, 0.29) is 5.92 Å². The number of hydrogen-bond donors (Lipinski definition) is 2. The van der Waals surface area contributed by atoms with Gasteiger partial charge >= 0.3 is 0 Å². The quantitative estimate of drug-likeness (QED) is 0.286. The molecule has 5 rings (SSSR count). The molecule has 2 aromatic heterocycles. The summed E-state index contributed by atoms with van der Waals surface area (Å²) in [4.78, 5) is 7.39. The Morgan fingerprint density at radius 2 is 1.06 bits per heavy atom. The SMILES string of the molecule is COc1cc(OC)c2c(C)c(C(c3ccccc3)c3[nH]c4cc(OC)cc(OC)c4c3C)[nH]c2c1. The van der Waals surface area contributed by atoms with Crippen molar-refractivity contribution in [2.24, 2.45) is 0 Å². The molecular weight excluding hydrogens is 440 g/mol. The maximum atomic E-state index is 5.74. The average molecular weight is 471 g/mol. The smallest absolute Gasteiger partial charge is 0.132 e. The lowest BCUT2D eigenvalue weighted by atomic mass is 9.88. The number of methoxy groups -OCH3 is 4. The highest BCUT2D eigenvalue weighted by atomic mass is 16.5. The van der Waals surface area contributed by atoms with Gasteiger partial charge < -0.3 is 28.9 Å². The first kappa shape index (κ1) is 22.7. The lowest BCUT2D eigenvalue weighted by Crippen LogP contribution is -2.07. The number of fused-ring (bicyclic) bond motifs is 2. The van der Waals surface area contributed by atoms with Crippen LogP contribution in [-0.4, -0.2) is 38.4 Å². The molecule has 0 saturated heterocycles. The Balaban J connectivity index is 1.82. The first-order chi connectivity index (χ1) is 17.0. The first-order valence-electron chi connectivity index (χ1n) is 11.5. The zero-order chi connectivity index (χ0) is 24.7. The maximum absolute atomic E-state index is 5.74. The van der Waals surface area contributed by atoms with E-state index in [1.807, 2.05) is 30.3 Å². The Kier molecular flexibility index (Phi) is 5.81. The zero-order valence-electron chi connectivity index (χ0n) is 20.9. The fourth-order valence-corrected chi connectivity index (χ4v) is 5.16. The summed E-state index contributed by atoms with van der Waals surface area (Å²) >= 11 is 0. The largest absolute Gasteiger partial charge is 0.497 e. The van der Waals surface area contributed by atoms with Gasteiger partial charge in [0, 0.05) is 46.4 Å². The number of hydrogen-bond acceptors (Lipinski definition) is 4. The number of benzene rings is 3. The summed E-state index contributed by atoms with van der Waals surface area (Å²) in [7, 11) is 6.71. The van der Waals surface area contributed by atoms with Crippen molar-refractivity contribution >= 4 is 21.8 Å². The number of nitrogens with one attached hydrogen (secondary N) is 2. The number of aromatic amines is 2. The highest BCUT2D eigenvalue weighted by Gasteiger charge is 2.28. The van der Waals surface area contributed by atoms with Crippen LogP contribution in [0.15, 0.2) is 54.6 Å². The van der Waals surface area contributed by atoms with E-state index < -0.39 is 0 Å². The molecular formula is C29H30N2O4.